The number of rotatable bonds is 1. The fraction of sp³-hybridized carbons (Fsp3) is 0.300. The van der Waals surface area contributed by atoms with E-state index in [1.807, 2.05) is 6.07 Å². The van der Waals surface area contributed by atoms with Crippen molar-refractivity contribution in [2.75, 3.05) is 0 Å². The second-order valence-corrected chi connectivity index (χ2v) is 3.27. The second kappa shape index (κ2) is 2.85. The Hall–Kier alpha value is -1.35. The van der Waals surface area contributed by atoms with E-state index in [0.717, 1.165) is 11.1 Å². The summed E-state index contributed by atoms with van der Waals surface area (Å²) in [6, 6.07) is 7.16. The van der Waals surface area contributed by atoms with E-state index in [1.54, 1.807) is 18.2 Å². The molecule has 0 fully saturated rings. The van der Waals surface area contributed by atoms with Crippen LogP contribution in [0.3, 0.4) is 0 Å². The lowest BCUT2D eigenvalue weighted by molar-refractivity contribution is -0.139. The van der Waals surface area contributed by atoms with Gasteiger partial charge in [0.25, 0.3) is 0 Å². The lowest BCUT2D eigenvalue weighted by Crippen LogP contribution is -2.07. The highest BCUT2D eigenvalue weighted by atomic mass is 16.4. The quantitative estimate of drug-likeness (QED) is 0.681. The first-order valence-electron chi connectivity index (χ1n) is 4.20. The molecule has 0 aromatic heterocycles. The van der Waals surface area contributed by atoms with E-state index in [-0.39, 0.29) is 0 Å². The van der Waals surface area contributed by atoms with Crippen LogP contribution in [0.4, 0.5) is 0 Å². The molecule has 2 rings (SSSR count). The minimum atomic E-state index is -0.857. The molecule has 0 saturated carbocycles. The van der Waals surface area contributed by atoms with Gasteiger partial charge in [-0.1, -0.05) is 24.3 Å². The summed E-state index contributed by atoms with van der Waals surface area (Å²) in [5, 5.41) is 18.4. The molecular weight excluding hydrogens is 168 g/mol. The van der Waals surface area contributed by atoms with Crippen molar-refractivity contribution in [2.45, 2.75) is 18.4 Å². The molecule has 0 amide bonds. The zero-order valence-corrected chi connectivity index (χ0v) is 6.97. The maximum atomic E-state index is 10.8. The van der Waals surface area contributed by atoms with Crippen molar-refractivity contribution < 1.29 is 15.0 Å². The van der Waals surface area contributed by atoms with E-state index in [4.69, 9.17) is 5.11 Å². The normalized spacial score (nSPS) is 25.6. The van der Waals surface area contributed by atoms with Gasteiger partial charge in [0, 0.05) is 0 Å². The maximum absolute atomic E-state index is 10.8. The average Bonchev–Trinajstić information content (AvgIpc) is 2.45. The summed E-state index contributed by atoms with van der Waals surface area (Å²) in [7, 11) is 0. The molecule has 1 aromatic carbocycles. The smallest absolute Gasteiger partial charge is 0.311 e. The third kappa shape index (κ3) is 1.21. The first-order valence-corrected chi connectivity index (χ1v) is 4.20. The predicted molar refractivity (Wildman–Crippen MR) is 46.4 cm³/mol. The average molecular weight is 178 g/mol. The Labute approximate surface area is 75.6 Å². The topological polar surface area (TPSA) is 57.5 Å². The first kappa shape index (κ1) is 8.26. The van der Waals surface area contributed by atoms with Crippen molar-refractivity contribution in [1.29, 1.82) is 0 Å². The highest BCUT2D eigenvalue weighted by Gasteiger charge is 2.33. The van der Waals surface area contributed by atoms with Gasteiger partial charge in [-0.2, -0.15) is 0 Å². The molecule has 0 unspecified atom stereocenters. The van der Waals surface area contributed by atoms with Crippen molar-refractivity contribution in [3.05, 3.63) is 35.4 Å². The second-order valence-electron chi connectivity index (χ2n) is 3.27. The largest absolute Gasteiger partial charge is 0.481 e. The molecule has 0 saturated heterocycles. The fourth-order valence-electron chi connectivity index (χ4n) is 1.84. The van der Waals surface area contributed by atoms with Crippen LogP contribution in [0.5, 0.6) is 0 Å². The van der Waals surface area contributed by atoms with Crippen LogP contribution < -0.4 is 0 Å². The molecule has 2 N–H and O–H groups in total. The standard InChI is InChI=1S/C10H10O3/c11-9-5-8(10(12)13)6-3-1-2-4-7(6)9/h1-4,8-9,11H,5H2,(H,12,13)/t8-,9-/m0/s1. The maximum Gasteiger partial charge on any atom is 0.311 e. The van der Waals surface area contributed by atoms with Gasteiger partial charge in [-0.25, -0.2) is 0 Å². The minimum absolute atomic E-state index is 0.300. The summed E-state index contributed by atoms with van der Waals surface area (Å²) in [4.78, 5) is 10.8. The van der Waals surface area contributed by atoms with Crippen LogP contribution in [0.1, 0.15) is 29.6 Å². The number of carboxylic acids is 1. The molecule has 3 nitrogen and oxygen atoms in total. The van der Waals surface area contributed by atoms with Crippen LogP contribution in [-0.4, -0.2) is 16.2 Å². The summed E-state index contributed by atoms with van der Waals surface area (Å²) in [5.74, 6) is -1.39. The van der Waals surface area contributed by atoms with Crippen LogP contribution in [0, 0.1) is 0 Å². The molecule has 68 valence electrons. The van der Waals surface area contributed by atoms with Gasteiger partial charge in [-0.15, -0.1) is 0 Å². The van der Waals surface area contributed by atoms with Gasteiger partial charge in [0.05, 0.1) is 12.0 Å². The fourth-order valence-corrected chi connectivity index (χ4v) is 1.84. The molecule has 0 spiro atoms. The van der Waals surface area contributed by atoms with Crippen LogP contribution in [0.25, 0.3) is 0 Å². The minimum Gasteiger partial charge on any atom is -0.481 e. The number of aliphatic hydroxyl groups excluding tert-OH is 1. The van der Waals surface area contributed by atoms with E-state index in [9.17, 15) is 9.90 Å². The summed E-state index contributed by atoms with van der Waals surface area (Å²) < 4.78 is 0. The van der Waals surface area contributed by atoms with Gasteiger partial charge in [0.2, 0.25) is 0 Å². The summed E-state index contributed by atoms with van der Waals surface area (Å²) in [5.41, 5.74) is 1.51. The SMILES string of the molecule is O=C(O)[C@H]1C[C@H](O)c2ccccc21. The molecule has 13 heavy (non-hydrogen) atoms. The van der Waals surface area contributed by atoms with Crippen molar-refractivity contribution in [2.24, 2.45) is 0 Å². The molecule has 1 aliphatic rings. The number of carbonyl (C=O) groups is 1. The van der Waals surface area contributed by atoms with Gasteiger partial charge in [-0.3, -0.25) is 4.79 Å². The van der Waals surface area contributed by atoms with E-state index in [1.165, 1.54) is 0 Å². The number of fused-ring (bicyclic) bond motifs is 1. The van der Waals surface area contributed by atoms with Crippen LogP contribution in [0.2, 0.25) is 0 Å². The molecule has 1 aromatic rings. The van der Waals surface area contributed by atoms with Gasteiger partial charge >= 0.3 is 5.97 Å². The highest BCUT2D eigenvalue weighted by molar-refractivity contribution is 5.78. The van der Waals surface area contributed by atoms with Crippen molar-refractivity contribution in [1.82, 2.24) is 0 Å². The lowest BCUT2D eigenvalue weighted by Gasteiger charge is -2.03. The molecule has 3 heteroatoms. The van der Waals surface area contributed by atoms with E-state index < -0.39 is 18.0 Å². The van der Waals surface area contributed by atoms with Crippen molar-refractivity contribution in [3.63, 3.8) is 0 Å². The highest BCUT2D eigenvalue weighted by Crippen LogP contribution is 2.39. The van der Waals surface area contributed by atoms with E-state index in [0.29, 0.717) is 6.42 Å². The van der Waals surface area contributed by atoms with Crippen LogP contribution in [0.15, 0.2) is 24.3 Å². The molecule has 1 aliphatic carbocycles. The molecule has 0 aliphatic heterocycles. The zero-order chi connectivity index (χ0) is 9.42. The summed E-state index contributed by atoms with van der Waals surface area (Å²) >= 11 is 0. The zero-order valence-electron chi connectivity index (χ0n) is 6.97. The number of benzene rings is 1. The molecule has 0 radical (unpaired) electrons. The van der Waals surface area contributed by atoms with Crippen molar-refractivity contribution >= 4 is 5.97 Å². The Balaban J connectivity index is 2.47. The Kier molecular flexibility index (Phi) is 1.81. The number of carboxylic acid groups (broad SMARTS) is 1. The Morgan fingerprint density at radius 2 is 1.92 bits per heavy atom. The molecular formula is C10H10O3. The summed E-state index contributed by atoms with van der Waals surface area (Å²) in [6.45, 7) is 0. The number of aliphatic carboxylic acids is 1. The van der Waals surface area contributed by atoms with Gasteiger partial charge in [0.15, 0.2) is 0 Å². The third-order valence-corrected chi connectivity index (χ3v) is 2.49. The Morgan fingerprint density at radius 1 is 1.31 bits per heavy atom. The van der Waals surface area contributed by atoms with Gasteiger partial charge < -0.3 is 10.2 Å². The van der Waals surface area contributed by atoms with Crippen LogP contribution in [-0.2, 0) is 4.79 Å². The predicted octanol–water partition coefficient (Wildman–Crippen LogP) is 1.29. The lowest BCUT2D eigenvalue weighted by atomic mass is 10.0. The van der Waals surface area contributed by atoms with Crippen LogP contribution >= 0.6 is 0 Å². The number of hydrogen-bond donors (Lipinski definition) is 2. The third-order valence-electron chi connectivity index (χ3n) is 2.49. The molecule has 0 heterocycles. The first-order chi connectivity index (χ1) is 6.20. The van der Waals surface area contributed by atoms with E-state index >= 15 is 0 Å². The molecule has 2 atom stereocenters. The number of hydrogen-bond acceptors (Lipinski definition) is 2. The Morgan fingerprint density at radius 3 is 2.54 bits per heavy atom. The number of aliphatic hydroxyl groups is 1. The Bertz CT molecular complexity index is 346. The van der Waals surface area contributed by atoms with E-state index in [2.05, 4.69) is 0 Å². The monoisotopic (exact) mass is 178 g/mol. The van der Waals surface area contributed by atoms with Crippen molar-refractivity contribution in [3.8, 4) is 0 Å². The van der Waals surface area contributed by atoms with Gasteiger partial charge in [0.1, 0.15) is 0 Å². The van der Waals surface area contributed by atoms with Gasteiger partial charge in [-0.05, 0) is 17.5 Å². The molecule has 0 bridgehead atoms. The summed E-state index contributed by atoms with van der Waals surface area (Å²) in [6.07, 6.45) is -0.313.